The molecule has 0 bridgehead atoms. The Morgan fingerprint density at radius 3 is 3.12 bits per heavy atom. The Balaban J connectivity index is 1.84. The predicted octanol–water partition coefficient (Wildman–Crippen LogP) is 4.61. The van der Waals surface area contributed by atoms with Crippen LogP contribution in [0.25, 0.3) is 10.9 Å². The molecule has 1 saturated heterocycles. The predicted molar refractivity (Wildman–Crippen MR) is 99.1 cm³/mol. The van der Waals surface area contributed by atoms with Gasteiger partial charge in [0, 0.05) is 28.5 Å². The molecule has 2 aromatic rings. The van der Waals surface area contributed by atoms with Gasteiger partial charge in [0.1, 0.15) is 6.61 Å². The zero-order chi connectivity index (χ0) is 17.8. The maximum absolute atomic E-state index is 11.7. The Bertz CT molecular complexity index is 822. The number of fused-ring (bicyclic) bond motifs is 1. The van der Waals surface area contributed by atoms with Crippen LogP contribution in [0, 0.1) is 12.3 Å². The minimum Gasteiger partial charge on any atom is -0.461 e. The van der Waals surface area contributed by atoms with Crippen molar-refractivity contribution in [2.75, 3.05) is 6.61 Å². The van der Waals surface area contributed by atoms with E-state index in [0.29, 0.717) is 17.0 Å². The number of hydrogen-bond donors (Lipinski definition) is 0. The maximum atomic E-state index is 11.7. The van der Waals surface area contributed by atoms with Gasteiger partial charge in [0.25, 0.3) is 0 Å². The van der Waals surface area contributed by atoms with Gasteiger partial charge in [-0.2, -0.15) is 5.10 Å². The van der Waals surface area contributed by atoms with Crippen molar-refractivity contribution >= 4 is 44.4 Å². The summed E-state index contributed by atoms with van der Waals surface area (Å²) in [4.78, 5) is 11.7. The number of nitrogens with zero attached hydrogens (tertiary/aromatic N) is 2. The van der Waals surface area contributed by atoms with Crippen LogP contribution in [0.5, 0.6) is 0 Å². The summed E-state index contributed by atoms with van der Waals surface area (Å²) in [6.07, 6.45) is 10.5. The Kier molecular flexibility index (Phi) is 6.00. The normalized spacial score (nSPS) is 17.4. The van der Waals surface area contributed by atoms with Crippen molar-refractivity contribution in [3.05, 3.63) is 27.3 Å². The van der Waals surface area contributed by atoms with Gasteiger partial charge in [-0.3, -0.25) is 4.79 Å². The fourth-order valence-electron chi connectivity index (χ4n) is 2.84. The van der Waals surface area contributed by atoms with E-state index in [1.807, 2.05) is 10.7 Å². The topological polar surface area (TPSA) is 53.3 Å². The van der Waals surface area contributed by atoms with E-state index in [4.69, 9.17) is 27.5 Å². The van der Waals surface area contributed by atoms with E-state index in [-0.39, 0.29) is 25.2 Å². The number of hydrogen-bond acceptors (Lipinski definition) is 4. The van der Waals surface area contributed by atoms with Crippen molar-refractivity contribution < 1.29 is 14.3 Å². The average Bonchev–Trinajstić information content (AvgIpc) is 3.04. The van der Waals surface area contributed by atoms with E-state index in [2.05, 4.69) is 26.9 Å². The van der Waals surface area contributed by atoms with Gasteiger partial charge in [-0.05, 0) is 41.3 Å². The summed E-state index contributed by atoms with van der Waals surface area (Å²) >= 11 is 10.00. The smallest absolute Gasteiger partial charge is 0.307 e. The molecule has 7 heteroatoms. The number of terminal acetylenes is 1. The number of benzene rings is 1. The fraction of sp³-hybridized carbons (Fsp3) is 0.444. The number of carbonyl (C=O) groups excluding carboxylic acids is 1. The molecule has 0 radical (unpaired) electrons. The van der Waals surface area contributed by atoms with Gasteiger partial charge in [-0.1, -0.05) is 11.6 Å². The molecule has 1 unspecified atom stereocenters. The third kappa shape index (κ3) is 4.00. The van der Waals surface area contributed by atoms with E-state index < -0.39 is 0 Å². The molecule has 0 amide bonds. The van der Waals surface area contributed by atoms with Gasteiger partial charge in [-0.25, -0.2) is 4.68 Å². The Labute approximate surface area is 159 Å². The molecule has 0 spiro atoms. The van der Waals surface area contributed by atoms with E-state index >= 15 is 0 Å². The Morgan fingerprint density at radius 1 is 1.56 bits per heavy atom. The lowest BCUT2D eigenvalue weighted by Crippen LogP contribution is -2.19. The zero-order valence-electron chi connectivity index (χ0n) is 13.6. The summed E-state index contributed by atoms with van der Waals surface area (Å²) in [6, 6.07) is 1.84. The van der Waals surface area contributed by atoms with E-state index in [0.717, 1.165) is 41.2 Å². The van der Waals surface area contributed by atoms with Crippen LogP contribution in [-0.4, -0.2) is 22.4 Å². The zero-order valence-corrected chi connectivity index (χ0v) is 16.0. The summed E-state index contributed by atoms with van der Waals surface area (Å²) in [7, 11) is 0. The van der Waals surface area contributed by atoms with Gasteiger partial charge in [0.15, 0.2) is 6.23 Å². The second-order valence-corrected chi connectivity index (χ2v) is 7.06. The van der Waals surface area contributed by atoms with Crippen molar-refractivity contribution in [3.63, 3.8) is 0 Å². The van der Waals surface area contributed by atoms with E-state index in [9.17, 15) is 4.79 Å². The molecule has 3 rings (SSSR count). The molecule has 0 aliphatic carbocycles. The Hall–Kier alpha value is -1.55. The molecular formula is C18H18BrClN2O3. The number of esters is 1. The third-order valence-corrected chi connectivity index (χ3v) is 5.41. The van der Waals surface area contributed by atoms with E-state index in [1.54, 1.807) is 6.20 Å². The molecular weight excluding hydrogens is 408 g/mol. The number of ether oxygens (including phenoxy) is 2. The second-order valence-electron chi connectivity index (χ2n) is 5.86. The number of aromatic nitrogens is 2. The molecule has 5 nitrogen and oxygen atoms in total. The van der Waals surface area contributed by atoms with Crippen molar-refractivity contribution in [2.24, 2.45) is 0 Å². The highest BCUT2D eigenvalue weighted by Gasteiger charge is 2.21. The molecule has 1 aromatic carbocycles. The van der Waals surface area contributed by atoms with E-state index in [1.165, 1.54) is 0 Å². The Morgan fingerprint density at radius 2 is 2.40 bits per heavy atom. The summed E-state index contributed by atoms with van der Waals surface area (Å²) in [6.45, 7) is 0.830. The average molecular weight is 426 g/mol. The summed E-state index contributed by atoms with van der Waals surface area (Å²) in [5, 5.41) is 5.90. The van der Waals surface area contributed by atoms with Crippen LogP contribution in [0.1, 0.15) is 43.9 Å². The molecule has 25 heavy (non-hydrogen) atoms. The van der Waals surface area contributed by atoms with Crippen molar-refractivity contribution in [2.45, 2.75) is 44.9 Å². The van der Waals surface area contributed by atoms with Gasteiger partial charge in [0.2, 0.25) is 0 Å². The van der Waals surface area contributed by atoms with Crippen molar-refractivity contribution in [1.29, 1.82) is 0 Å². The van der Waals surface area contributed by atoms with Crippen LogP contribution >= 0.6 is 27.5 Å². The lowest BCUT2D eigenvalue weighted by Gasteiger charge is -2.23. The van der Waals surface area contributed by atoms with Gasteiger partial charge >= 0.3 is 5.97 Å². The number of carbonyl (C=O) groups is 1. The molecule has 1 atom stereocenters. The molecule has 1 aliphatic rings. The van der Waals surface area contributed by atoms with Gasteiger partial charge in [0.05, 0.1) is 23.2 Å². The fourth-order valence-corrected chi connectivity index (χ4v) is 3.84. The molecule has 0 saturated carbocycles. The second kappa shape index (κ2) is 8.22. The van der Waals surface area contributed by atoms with Gasteiger partial charge in [-0.15, -0.1) is 12.3 Å². The van der Waals surface area contributed by atoms with Crippen LogP contribution in [-0.2, 0) is 20.9 Å². The molecule has 2 heterocycles. The summed E-state index contributed by atoms with van der Waals surface area (Å²) in [5.74, 6) is 2.08. The van der Waals surface area contributed by atoms with Crippen LogP contribution in [0.3, 0.4) is 0 Å². The first-order valence-corrected chi connectivity index (χ1v) is 9.33. The SMILES string of the molecule is C#CCCC(=O)OCc1c(Cl)cc2c(cnn2C2CCCCO2)c1Br. The molecule has 1 aromatic heterocycles. The number of halogens is 2. The summed E-state index contributed by atoms with van der Waals surface area (Å²) in [5.41, 5.74) is 1.61. The van der Waals surface area contributed by atoms with Crippen LogP contribution in [0.2, 0.25) is 5.02 Å². The first-order chi connectivity index (χ1) is 12.1. The van der Waals surface area contributed by atoms with Crippen molar-refractivity contribution in [3.8, 4) is 12.3 Å². The van der Waals surface area contributed by atoms with Crippen LogP contribution in [0.15, 0.2) is 16.7 Å². The monoisotopic (exact) mass is 424 g/mol. The largest absolute Gasteiger partial charge is 0.461 e. The van der Waals surface area contributed by atoms with Crippen LogP contribution < -0.4 is 0 Å². The highest BCUT2D eigenvalue weighted by atomic mass is 79.9. The number of rotatable bonds is 5. The maximum Gasteiger partial charge on any atom is 0.307 e. The highest BCUT2D eigenvalue weighted by Crippen LogP contribution is 2.36. The van der Waals surface area contributed by atoms with Crippen LogP contribution in [0.4, 0.5) is 0 Å². The molecule has 1 fully saturated rings. The lowest BCUT2D eigenvalue weighted by atomic mass is 10.1. The summed E-state index contributed by atoms with van der Waals surface area (Å²) < 4.78 is 13.7. The molecule has 132 valence electrons. The molecule has 0 N–H and O–H groups in total. The first-order valence-electron chi connectivity index (χ1n) is 8.16. The minimum atomic E-state index is -0.340. The van der Waals surface area contributed by atoms with Gasteiger partial charge < -0.3 is 9.47 Å². The third-order valence-electron chi connectivity index (χ3n) is 4.17. The quantitative estimate of drug-likeness (QED) is 0.518. The molecule has 1 aliphatic heterocycles. The minimum absolute atomic E-state index is 0.0679. The highest BCUT2D eigenvalue weighted by molar-refractivity contribution is 9.10. The lowest BCUT2D eigenvalue weighted by molar-refractivity contribution is -0.144. The van der Waals surface area contributed by atoms with Crippen molar-refractivity contribution in [1.82, 2.24) is 9.78 Å². The standard InChI is InChI=1S/C18H18BrClN2O3/c1-2-3-7-17(23)25-11-13-14(20)9-15-12(18(13)19)10-21-22(15)16-6-4-5-8-24-16/h1,9-10,16H,3-8,11H2. The first kappa shape index (κ1) is 18.2.